The summed E-state index contributed by atoms with van der Waals surface area (Å²) in [4.78, 5) is 4.69. The molecule has 0 bridgehead atoms. The fraction of sp³-hybridized carbons (Fsp3) is 0.905. The van der Waals surface area contributed by atoms with E-state index in [4.69, 9.17) is 18.9 Å². The Morgan fingerprint density at radius 3 is 2.14 bits per heavy atom. The van der Waals surface area contributed by atoms with Crippen molar-refractivity contribution in [1.29, 1.82) is 0 Å². The maximum atomic E-state index is 12.3. The molecule has 14 nitrogen and oxygen atoms in total. The van der Waals surface area contributed by atoms with E-state index in [0.29, 0.717) is 37.7 Å². The summed E-state index contributed by atoms with van der Waals surface area (Å²) in [6.07, 6.45) is -10.2. The van der Waals surface area contributed by atoms with Crippen LogP contribution >= 0.6 is 0 Å². The molecule has 0 aromatic rings. The molecule has 0 aromatic heterocycles. The van der Waals surface area contributed by atoms with Crippen molar-refractivity contribution in [2.75, 3.05) is 6.61 Å². The van der Waals surface area contributed by atoms with Crippen molar-refractivity contribution >= 4 is 0 Å². The molecule has 6 fully saturated rings. The lowest BCUT2D eigenvalue weighted by molar-refractivity contribution is -0.381. The number of allylic oxidation sites excluding steroid dienone is 1. The topological polar surface area (TPSA) is 228 Å². The maximum Gasteiger partial charge on any atom is 0.187 e. The molecule has 14 heteroatoms. The first-order chi connectivity index (χ1) is 26.1. The van der Waals surface area contributed by atoms with Crippen LogP contribution in [0.3, 0.4) is 0 Å². The van der Waals surface area contributed by atoms with Gasteiger partial charge in [-0.05, 0) is 117 Å². The Labute approximate surface area is 331 Å². The van der Waals surface area contributed by atoms with E-state index >= 15 is 0 Å². The summed E-state index contributed by atoms with van der Waals surface area (Å²) in [5.74, 6) is -0.201. The molecule has 4 aliphatic carbocycles. The van der Waals surface area contributed by atoms with E-state index < -0.39 is 109 Å². The van der Waals surface area contributed by atoms with Gasteiger partial charge in [0.2, 0.25) is 0 Å². The Hall–Kier alpha value is -1.08. The molecule has 322 valence electrons. The zero-order valence-corrected chi connectivity index (χ0v) is 34.4. The first-order valence-electron chi connectivity index (χ1n) is 20.7. The van der Waals surface area contributed by atoms with Crippen LogP contribution in [0.1, 0.15) is 100 Å². The fourth-order valence-electron chi connectivity index (χ4n) is 13.1. The molecule has 2 saturated heterocycles. The number of hydrogen-bond donors (Lipinski definition) is 9. The van der Waals surface area contributed by atoms with Crippen molar-refractivity contribution in [1.82, 2.24) is 0 Å². The molecule has 1 unspecified atom stereocenters. The molecule has 9 N–H and O–H groups in total. The Balaban J connectivity index is 1.38. The van der Waals surface area contributed by atoms with Gasteiger partial charge in [0.25, 0.3) is 0 Å². The van der Waals surface area contributed by atoms with E-state index in [2.05, 4.69) is 45.2 Å². The smallest absolute Gasteiger partial charge is 0.187 e. The molecule has 2 aliphatic heterocycles. The number of hydrogen-bond acceptors (Lipinski definition) is 14. The second-order valence-corrected chi connectivity index (χ2v) is 19.7. The second kappa shape index (κ2) is 16.1. The summed E-state index contributed by atoms with van der Waals surface area (Å²) in [5.41, 5.74) is 0.0101. The van der Waals surface area contributed by atoms with Crippen molar-refractivity contribution in [3.05, 3.63) is 23.8 Å². The van der Waals surface area contributed by atoms with Gasteiger partial charge >= 0.3 is 0 Å². The highest BCUT2D eigenvalue weighted by Gasteiger charge is 2.73. The van der Waals surface area contributed by atoms with E-state index in [-0.39, 0.29) is 29.1 Å². The maximum absolute atomic E-state index is 12.3. The van der Waals surface area contributed by atoms with Gasteiger partial charge in [0.05, 0.1) is 31.0 Å². The minimum absolute atomic E-state index is 0.0543. The van der Waals surface area contributed by atoms with E-state index in [9.17, 15) is 46.1 Å². The number of rotatable bonds is 10. The van der Waals surface area contributed by atoms with Crippen LogP contribution in [-0.2, 0) is 23.8 Å². The monoisotopic (exact) mass is 798 g/mol. The Kier molecular flexibility index (Phi) is 12.8. The average molecular weight is 799 g/mol. The molecule has 0 spiro atoms. The third-order valence-electron chi connectivity index (χ3n) is 16.4. The van der Waals surface area contributed by atoms with Crippen LogP contribution < -0.4 is 0 Å². The Morgan fingerprint density at radius 2 is 1.52 bits per heavy atom. The third kappa shape index (κ3) is 7.08. The van der Waals surface area contributed by atoms with Crippen LogP contribution in [-0.4, -0.2) is 139 Å². The predicted molar refractivity (Wildman–Crippen MR) is 202 cm³/mol. The standard InChI is InChI=1S/C42H70O14/c1-19(2)24(56-51)11-10-20(3)22-12-15-41(8)29(22)23(44)16-27-40(7)14-13-28(45)39(5,6)36(40)25(17-42(27,41)9)53-38-35(33(49)31(47)26(18-43)54-38)55-37-34(50)32(48)30(46)21(4)52-37/h10,21-38,43-51H,1,11-18H2,2-9H3/b20-10+/t21-,22+,23+,24?,25-,26+,27+,28-,29-,30-,31+,32+,33-,34+,35+,36-,37-,38+,40+,41+,42+/m0/s1. The summed E-state index contributed by atoms with van der Waals surface area (Å²) in [6.45, 7) is 19.7. The minimum atomic E-state index is -1.70. The van der Waals surface area contributed by atoms with Crippen molar-refractivity contribution in [3.8, 4) is 0 Å². The molecule has 0 aromatic carbocycles. The minimum Gasteiger partial charge on any atom is -0.394 e. The van der Waals surface area contributed by atoms with Crippen LogP contribution in [0.2, 0.25) is 0 Å². The molecule has 0 amide bonds. The molecule has 6 rings (SSSR count). The van der Waals surface area contributed by atoms with Crippen LogP contribution in [0.25, 0.3) is 0 Å². The quantitative estimate of drug-likeness (QED) is 0.0670. The van der Waals surface area contributed by atoms with Gasteiger partial charge in [0.15, 0.2) is 12.6 Å². The SMILES string of the molecule is C=C(C)C(C/C=C(\C)[C@H]1CC[C@]2(C)[C@@H]1[C@H](O)C[C@@H]1[C@@]3(C)CC[C@H](O)C(C)(C)[C@@H]3[C@@H](O[C@@H]3O[C@H](CO)[C@@H](O)[C@H](O)[C@H]3O[C@@H]3O[C@@H](C)[C@H](O)[C@@H](O)[C@H]3O)C[C@]12C)OO. The lowest BCUT2D eigenvalue weighted by atomic mass is 9.34. The van der Waals surface area contributed by atoms with Gasteiger partial charge in [0, 0.05) is 0 Å². The highest BCUT2D eigenvalue weighted by Crippen LogP contribution is 2.76. The molecular weight excluding hydrogens is 728 g/mol. The third-order valence-corrected chi connectivity index (χ3v) is 16.4. The molecule has 2 heterocycles. The summed E-state index contributed by atoms with van der Waals surface area (Å²) in [7, 11) is 0. The van der Waals surface area contributed by atoms with E-state index in [1.54, 1.807) is 0 Å². The molecule has 56 heavy (non-hydrogen) atoms. The lowest BCUT2D eigenvalue weighted by Gasteiger charge is -2.72. The van der Waals surface area contributed by atoms with Gasteiger partial charge in [-0.2, -0.15) is 0 Å². The summed E-state index contributed by atoms with van der Waals surface area (Å²) in [5, 5.41) is 97.8. The van der Waals surface area contributed by atoms with Crippen LogP contribution in [0.5, 0.6) is 0 Å². The predicted octanol–water partition coefficient (Wildman–Crippen LogP) is 2.42. The zero-order chi connectivity index (χ0) is 41.4. The van der Waals surface area contributed by atoms with Gasteiger partial charge in [-0.3, -0.25) is 5.26 Å². The summed E-state index contributed by atoms with van der Waals surface area (Å²) in [6, 6.07) is 0. The van der Waals surface area contributed by atoms with Gasteiger partial charge in [-0.25, -0.2) is 4.89 Å². The fourth-order valence-corrected chi connectivity index (χ4v) is 13.1. The lowest BCUT2D eigenvalue weighted by Crippen LogP contribution is -2.71. The van der Waals surface area contributed by atoms with Crippen molar-refractivity contribution < 1.29 is 69.9 Å². The number of aliphatic hydroxyl groups excluding tert-OH is 8. The van der Waals surface area contributed by atoms with Gasteiger partial charge < -0.3 is 59.8 Å². The summed E-state index contributed by atoms with van der Waals surface area (Å²) >= 11 is 0. The van der Waals surface area contributed by atoms with Crippen LogP contribution in [0.4, 0.5) is 0 Å². The molecule has 0 radical (unpaired) electrons. The average Bonchev–Trinajstić information content (AvgIpc) is 3.51. The second-order valence-electron chi connectivity index (χ2n) is 19.7. The number of fused-ring (bicyclic) bond motifs is 5. The molecule has 21 atom stereocenters. The van der Waals surface area contributed by atoms with Crippen molar-refractivity contribution in [2.45, 2.75) is 186 Å². The first kappa shape index (κ1) is 44.5. The van der Waals surface area contributed by atoms with Crippen molar-refractivity contribution in [2.24, 2.45) is 45.3 Å². The number of ether oxygens (including phenoxy) is 4. The molecule has 6 aliphatic rings. The number of aliphatic hydroxyl groups is 8. The van der Waals surface area contributed by atoms with Crippen molar-refractivity contribution in [3.63, 3.8) is 0 Å². The highest BCUT2D eigenvalue weighted by atomic mass is 17.1. The van der Waals surface area contributed by atoms with Crippen LogP contribution in [0.15, 0.2) is 23.8 Å². The van der Waals surface area contributed by atoms with Gasteiger partial charge in [-0.1, -0.05) is 52.8 Å². The van der Waals surface area contributed by atoms with Gasteiger partial charge in [-0.15, -0.1) is 0 Å². The van der Waals surface area contributed by atoms with E-state index in [1.165, 1.54) is 6.92 Å². The zero-order valence-electron chi connectivity index (χ0n) is 34.4. The Morgan fingerprint density at radius 1 is 0.839 bits per heavy atom. The van der Waals surface area contributed by atoms with Crippen LogP contribution in [0, 0.1) is 45.3 Å². The first-order valence-corrected chi connectivity index (χ1v) is 20.7. The largest absolute Gasteiger partial charge is 0.394 e. The Bertz CT molecular complexity index is 1440. The van der Waals surface area contributed by atoms with E-state index in [0.717, 1.165) is 18.4 Å². The highest BCUT2D eigenvalue weighted by molar-refractivity contribution is 5.24. The summed E-state index contributed by atoms with van der Waals surface area (Å²) < 4.78 is 25.1. The molecular formula is C42H70O14. The molecule has 4 saturated carbocycles. The normalized spacial score (nSPS) is 52.4. The van der Waals surface area contributed by atoms with Gasteiger partial charge in [0.1, 0.15) is 48.8 Å². The van der Waals surface area contributed by atoms with E-state index in [1.807, 2.05) is 20.8 Å².